The van der Waals surface area contributed by atoms with E-state index >= 15 is 0 Å². The molecule has 0 saturated carbocycles. The molecule has 2 aromatic heterocycles. The molecule has 1 aliphatic heterocycles. The third-order valence-electron chi connectivity index (χ3n) is 4.26. The number of carbonyl (C=O) groups is 2. The minimum absolute atomic E-state index is 0.126. The lowest BCUT2D eigenvalue weighted by atomic mass is 10.1. The lowest BCUT2D eigenvalue weighted by molar-refractivity contribution is -0.137. The first kappa shape index (κ1) is 19.6. The fourth-order valence-corrected chi connectivity index (χ4v) is 2.98. The van der Waals surface area contributed by atoms with Crippen molar-refractivity contribution in [2.75, 3.05) is 6.54 Å². The molecule has 0 atom stereocenters. The zero-order chi connectivity index (χ0) is 21.5. The van der Waals surface area contributed by atoms with Crippen molar-refractivity contribution in [1.29, 1.82) is 0 Å². The molecule has 0 unspecified atom stereocenters. The van der Waals surface area contributed by atoms with E-state index < -0.39 is 23.7 Å². The second-order valence-electron chi connectivity index (χ2n) is 6.27. The van der Waals surface area contributed by atoms with Crippen molar-refractivity contribution in [1.82, 2.24) is 14.8 Å². The molecule has 0 fully saturated rings. The monoisotopic (exact) mass is 418 g/mol. The van der Waals surface area contributed by atoms with Crippen molar-refractivity contribution in [2.24, 2.45) is 5.73 Å². The Kier molecular flexibility index (Phi) is 4.74. The van der Waals surface area contributed by atoms with Crippen LogP contribution in [0, 0.1) is 0 Å². The van der Waals surface area contributed by atoms with E-state index in [4.69, 9.17) is 15.2 Å². The number of pyridine rings is 1. The maximum atomic E-state index is 12.9. The fraction of sp³-hybridized carbons (Fsp3) is 0.158. The summed E-state index contributed by atoms with van der Waals surface area (Å²) < 4.78 is 50.5. The highest BCUT2D eigenvalue weighted by Crippen LogP contribution is 2.38. The highest BCUT2D eigenvalue weighted by molar-refractivity contribution is 6.01. The highest BCUT2D eigenvalue weighted by Gasteiger charge is 2.30. The molecule has 0 spiro atoms. The van der Waals surface area contributed by atoms with Crippen LogP contribution in [-0.4, -0.2) is 33.2 Å². The molecule has 3 aromatic rings. The molecule has 1 aliphatic rings. The Balaban J connectivity index is 1.94. The van der Waals surface area contributed by atoms with Crippen molar-refractivity contribution in [3.05, 3.63) is 48.0 Å². The first-order valence-corrected chi connectivity index (χ1v) is 8.67. The Morgan fingerprint density at radius 3 is 2.33 bits per heavy atom. The number of nitrogens with two attached hydrogens (primary N) is 1. The van der Waals surface area contributed by atoms with E-state index in [1.54, 1.807) is 0 Å². The molecule has 4 rings (SSSR count). The molecule has 11 heteroatoms. The summed E-state index contributed by atoms with van der Waals surface area (Å²) in [7, 11) is 0. The van der Waals surface area contributed by atoms with Crippen molar-refractivity contribution in [3.8, 4) is 23.0 Å². The van der Waals surface area contributed by atoms with Gasteiger partial charge in [-0.05, 0) is 12.1 Å². The van der Waals surface area contributed by atoms with Crippen LogP contribution in [0.15, 0.2) is 42.5 Å². The highest BCUT2D eigenvalue weighted by atomic mass is 19.4. The van der Waals surface area contributed by atoms with E-state index in [9.17, 15) is 22.8 Å². The van der Waals surface area contributed by atoms with Crippen molar-refractivity contribution < 1.29 is 32.2 Å². The van der Waals surface area contributed by atoms with Gasteiger partial charge in [0.1, 0.15) is 5.69 Å². The zero-order valence-electron chi connectivity index (χ0n) is 15.1. The molecule has 8 nitrogen and oxygen atoms in total. The number of nitrogens with zero attached hydrogens (tertiary/aromatic N) is 3. The standard InChI is InChI=1S/C19H13F3N4O4/c20-19(21,22)11-3-1-10(2-4-11)17-16-12(26(25-17)8-7-23)9-13-24-18(16)30-15(28)6-5-14(27)29-13/h1-6,9H,7-8,23H2/b6-5-. The van der Waals surface area contributed by atoms with Crippen molar-refractivity contribution in [2.45, 2.75) is 12.7 Å². The molecule has 0 radical (unpaired) electrons. The van der Waals surface area contributed by atoms with Crippen LogP contribution in [-0.2, 0) is 22.3 Å². The third kappa shape index (κ3) is 3.62. The van der Waals surface area contributed by atoms with Gasteiger partial charge in [-0.2, -0.15) is 23.3 Å². The van der Waals surface area contributed by atoms with Crippen LogP contribution in [0.3, 0.4) is 0 Å². The van der Waals surface area contributed by atoms with Gasteiger partial charge in [-0.15, -0.1) is 0 Å². The Labute approximate surface area is 166 Å². The minimum Gasteiger partial charge on any atom is -0.404 e. The smallest absolute Gasteiger partial charge is 0.404 e. The first-order chi connectivity index (χ1) is 14.3. The summed E-state index contributed by atoms with van der Waals surface area (Å²) in [5.41, 5.74) is 5.79. The number of alkyl halides is 3. The number of hydrogen-bond donors (Lipinski definition) is 1. The van der Waals surface area contributed by atoms with Crippen LogP contribution in [0.1, 0.15) is 5.56 Å². The number of esters is 2. The summed E-state index contributed by atoms with van der Waals surface area (Å²) in [6.07, 6.45) is -2.70. The number of benzene rings is 1. The van der Waals surface area contributed by atoms with Gasteiger partial charge in [0.2, 0.25) is 11.8 Å². The zero-order valence-corrected chi connectivity index (χ0v) is 15.1. The van der Waals surface area contributed by atoms with Gasteiger partial charge < -0.3 is 15.2 Å². The van der Waals surface area contributed by atoms with Crippen LogP contribution in [0.2, 0.25) is 0 Å². The maximum absolute atomic E-state index is 12.9. The fourth-order valence-electron chi connectivity index (χ4n) is 2.98. The number of ether oxygens (including phenoxy) is 2. The van der Waals surface area contributed by atoms with E-state index in [1.165, 1.54) is 22.9 Å². The SMILES string of the molecule is NCCn1nc(-c2ccc(C(F)(F)F)cc2)c2c3nc(cc21)OC(=O)/C=C\C(=O)O3. The van der Waals surface area contributed by atoms with Crippen LogP contribution >= 0.6 is 0 Å². The van der Waals surface area contributed by atoms with Gasteiger partial charge in [-0.3, -0.25) is 4.68 Å². The summed E-state index contributed by atoms with van der Waals surface area (Å²) in [4.78, 5) is 27.8. The summed E-state index contributed by atoms with van der Waals surface area (Å²) >= 11 is 0. The molecule has 3 heterocycles. The van der Waals surface area contributed by atoms with Gasteiger partial charge in [0.05, 0.1) is 23.0 Å². The number of carbonyl (C=O) groups excluding carboxylic acids is 2. The molecule has 0 aliphatic carbocycles. The van der Waals surface area contributed by atoms with E-state index in [0.29, 0.717) is 11.1 Å². The molecule has 2 bridgehead atoms. The number of rotatable bonds is 3. The largest absolute Gasteiger partial charge is 0.416 e. The average Bonchev–Trinajstić information content (AvgIpc) is 3.06. The maximum Gasteiger partial charge on any atom is 0.416 e. The second kappa shape index (κ2) is 7.26. The molecule has 0 amide bonds. The molecule has 2 N–H and O–H groups in total. The number of aromatic nitrogens is 3. The summed E-state index contributed by atoms with van der Waals surface area (Å²) in [5.74, 6) is -2.01. The molecular formula is C19H13F3N4O4. The lowest BCUT2D eigenvalue weighted by Gasteiger charge is -2.08. The number of hydrogen-bond acceptors (Lipinski definition) is 7. The molecule has 154 valence electrons. The van der Waals surface area contributed by atoms with Gasteiger partial charge in [0, 0.05) is 30.3 Å². The first-order valence-electron chi connectivity index (χ1n) is 8.67. The molecular weight excluding hydrogens is 405 g/mol. The topological polar surface area (TPSA) is 109 Å². The Morgan fingerprint density at radius 1 is 1.03 bits per heavy atom. The van der Waals surface area contributed by atoms with Crippen LogP contribution in [0.25, 0.3) is 22.2 Å². The Bertz CT molecular complexity index is 1180. The van der Waals surface area contributed by atoms with E-state index in [2.05, 4.69) is 10.1 Å². The van der Waals surface area contributed by atoms with Gasteiger partial charge >= 0.3 is 18.1 Å². The summed E-state index contributed by atoms with van der Waals surface area (Å²) in [6, 6.07) is 5.79. The van der Waals surface area contributed by atoms with Crippen LogP contribution < -0.4 is 15.2 Å². The quantitative estimate of drug-likeness (QED) is 0.651. The summed E-state index contributed by atoms with van der Waals surface area (Å²) in [6.45, 7) is 0.456. The number of fused-ring (bicyclic) bond motifs is 4. The minimum atomic E-state index is -4.48. The van der Waals surface area contributed by atoms with E-state index in [-0.39, 0.29) is 35.9 Å². The van der Waals surface area contributed by atoms with Crippen LogP contribution in [0.5, 0.6) is 11.8 Å². The van der Waals surface area contributed by atoms with E-state index in [1.807, 2.05) is 0 Å². The van der Waals surface area contributed by atoms with Gasteiger partial charge in [-0.25, -0.2) is 9.59 Å². The van der Waals surface area contributed by atoms with Crippen LogP contribution in [0.4, 0.5) is 13.2 Å². The number of halogens is 3. The molecule has 1 aromatic carbocycles. The van der Waals surface area contributed by atoms with Gasteiger partial charge in [0.25, 0.3) is 0 Å². The predicted molar refractivity (Wildman–Crippen MR) is 97.4 cm³/mol. The third-order valence-corrected chi connectivity index (χ3v) is 4.26. The van der Waals surface area contributed by atoms with Crippen molar-refractivity contribution >= 4 is 22.8 Å². The van der Waals surface area contributed by atoms with Crippen molar-refractivity contribution in [3.63, 3.8) is 0 Å². The van der Waals surface area contributed by atoms with Gasteiger partial charge in [-0.1, -0.05) is 12.1 Å². The average molecular weight is 418 g/mol. The molecule has 30 heavy (non-hydrogen) atoms. The Morgan fingerprint density at radius 2 is 1.70 bits per heavy atom. The van der Waals surface area contributed by atoms with Gasteiger partial charge in [0.15, 0.2) is 0 Å². The lowest BCUT2D eigenvalue weighted by Crippen LogP contribution is -2.11. The summed E-state index contributed by atoms with van der Waals surface area (Å²) in [5, 5.41) is 4.68. The molecule has 0 saturated heterocycles. The normalized spacial score (nSPS) is 15.2. The van der Waals surface area contributed by atoms with E-state index in [0.717, 1.165) is 24.3 Å². The Hall–Kier alpha value is -3.73. The second-order valence-corrected chi connectivity index (χ2v) is 6.27. The predicted octanol–water partition coefficient (Wildman–Crippen LogP) is 2.46.